The number of nitrogens with one attached hydrogen (secondary N) is 1. The number of anilines is 1. The second-order valence-corrected chi connectivity index (χ2v) is 6.12. The molecule has 1 aliphatic rings. The largest absolute Gasteiger partial charge is 0.489 e. The van der Waals surface area contributed by atoms with Gasteiger partial charge in [-0.1, -0.05) is 12.1 Å². The summed E-state index contributed by atoms with van der Waals surface area (Å²) >= 11 is 0. The average Bonchev–Trinajstić information content (AvgIpc) is 2.86. The quantitative estimate of drug-likeness (QED) is 0.806. The van der Waals surface area contributed by atoms with Gasteiger partial charge in [-0.15, -0.1) is 0 Å². The summed E-state index contributed by atoms with van der Waals surface area (Å²) in [7, 11) is 0. The van der Waals surface area contributed by atoms with Crippen LogP contribution in [0.25, 0.3) is 0 Å². The molecule has 0 bridgehead atoms. The molecule has 0 aliphatic carbocycles. The fraction of sp³-hybridized carbons (Fsp3) is 0.263. The highest BCUT2D eigenvalue weighted by Gasteiger charge is 2.36. The molecule has 2 heterocycles. The van der Waals surface area contributed by atoms with Gasteiger partial charge in [0.25, 0.3) is 11.8 Å². The number of imide groups is 1. The Morgan fingerprint density at radius 2 is 1.92 bits per heavy atom. The first kappa shape index (κ1) is 17.6. The van der Waals surface area contributed by atoms with E-state index >= 15 is 0 Å². The molecule has 3 rings (SSSR count). The zero-order valence-corrected chi connectivity index (χ0v) is 14.6. The number of ether oxygens (including phenoxy) is 1. The lowest BCUT2D eigenvalue weighted by Crippen LogP contribution is -2.33. The van der Waals surface area contributed by atoms with E-state index in [0.29, 0.717) is 11.4 Å². The van der Waals surface area contributed by atoms with Crippen molar-refractivity contribution in [1.29, 1.82) is 0 Å². The monoisotopic (exact) mass is 353 g/mol. The molecular formula is C19H19N3O4. The van der Waals surface area contributed by atoms with Crippen LogP contribution in [0.5, 0.6) is 5.75 Å². The SMILES string of the molecule is CC(C)Oc1ccccc1NC(=O)CCN1C(=O)c2cccnc2C1=O. The summed E-state index contributed by atoms with van der Waals surface area (Å²) < 4.78 is 5.66. The summed E-state index contributed by atoms with van der Waals surface area (Å²) in [5, 5.41) is 2.76. The summed E-state index contributed by atoms with van der Waals surface area (Å²) in [5.74, 6) is -0.633. The second kappa shape index (κ2) is 7.35. The highest BCUT2D eigenvalue weighted by Crippen LogP contribution is 2.25. The fourth-order valence-electron chi connectivity index (χ4n) is 2.67. The third-order valence-corrected chi connectivity index (χ3v) is 3.82. The summed E-state index contributed by atoms with van der Waals surface area (Å²) in [6.45, 7) is 3.79. The number of carbonyl (C=O) groups is 3. The smallest absolute Gasteiger partial charge is 0.280 e. The number of carbonyl (C=O) groups excluding carboxylic acids is 3. The third kappa shape index (κ3) is 3.56. The van der Waals surface area contributed by atoms with Crippen molar-refractivity contribution >= 4 is 23.4 Å². The van der Waals surface area contributed by atoms with Crippen LogP contribution in [-0.2, 0) is 4.79 Å². The van der Waals surface area contributed by atoms with E-state index in [-0.39, 0.29) is 36.2 Å². The standard InChI is InChI=1S/C19H19N3O4/c1-12(2)26-15-8-4-3-7-14(15)21-16(23)9-11-22-18(24)13-6-5-10-20-17(13)19(22)25/h3-8,10,12H,9,11H2,1-2H3,(H,21,23). The normalized spacial score (nSPS) is 13.1. The molecule has 7 nitrogen and oxygen atoms in total. The molecule has 7 heteroatoms. The van der Waals surface area contributed by atoms with Crippen LogP contribution in [0.3, 0.4) is 0 Å². The Balaban J connectivity index is 1.62. The zero-order valence-electron chi connectivity index (χ0n) is 14.6. The Bertz CT molecular complexity index is 828. The van der Waals surface area contributed by atoms with E-state index in [1.54, 1.807) is 30.3 Å². The predicted octanol–water partition coefficient (Wildman–Crippen LogP) is 2.49. The first-order chi connectivity index (χ1) is 12.5. The van der Waals surface area contributed by atoms with Gasteiger partial charge in [-0.05, 0) is 38.1 Å². The number of pyridine rings is 1. The van der Waals surface area contributed by atoms with Gasteiger partial charge in [0.05, 0.1) is 17.4 Å². The lowest BCUT2D eigenvalue weighted by Gasteiger charge is -2.16. The Morgan fingerprint density at radius 3 is 2.65 bits per heavy atom. The number of nitrogens with zero attached hydrogens (tertiary/aromatic N) is 2. The minimum atomic E-state index is -0.470. The zero-order chi connectivity index (χ0) is 18.7. The van der Waals surface area contributed by atoms with Crippen LogP contribution < -0.4 is 10.1 Å². The highest BCUT2D eigenvalue weighted by atomic mass is 16.5. The molecule has 1 N–H and O–H groups in total. The number of aromatic nitrogens is 1. The number of hydrogen-bond acceptors (Lipinski definition) is 5. The molecule has 0 spiro atoms. The molecule has 0 saturated heterocycles. The van der Waals surface area contributed by atoms with Crippen LogP contribution in [0.4, 0.5) is 5.69 Å². The summed E-state index contributed by atoms with van der Waals surface area (Å²) in [6, 6.07) is 10.3. The molecule has 2 aromatic rings. The first-order valence-electron chi connectivity index (χ1n) is 8.34. The molecule has 0 saturated carbocycles. The summed E-state index contributed by atoms with van der Waals surface area (Å²) in [5.41, 5.74) is 0.956. The molecular weight excluding hydrogens is 334 g/mol. The van der Waals surface area contributed by atoms with Crippen molar-refractivity contribution in [2.24, 2.45) is 0 Å². The number of hydrogen-bond donors (Lipinski definition) is 1. The molecule has 1 aliphatic heterocycles. The summed E-state index contributed by atoms with van der Waals surface area (Å²) in [6.07, 6.45) is 1.42. The topological polar surface area (TPSA) is 88.6 Å². The van der Waals surface area contributed by atoms with Gasteiger partial charge in [0, 0.05) is 19.2 Å². The maximum atomic E-state index is 12.3. The average molecular weight is 353 g/mol. The van der Waals surface area contributed by atoms with Gasteiger partial charge in [0.1, 0.15) is 11.4 Å². The Hall–Kier alpha value is -3.22. The number of benzene rings is 1. The lowest BCUT2D eigenvalue weighted by atomic mass is 10.2. The van der Waals surface area contributed by atoms with Crippen molar-refractivity contribution in [1.82, 2.24) is 9.88 Å². The van der Waals surface area contributed by atoms with Crippen molar-refractivity contribution in [3.63, 3.8) is 0 Å². The maximum absolute atomic E-state index is 12.3. The Labute approximate surface area is 151 Å². The van der Waals surface area contributed by atoms with E-state index in [1.165, 1.54) is 6.20 Å². The van der Waals surface area contributed by atoms with E-state index in [1.807, 2.05) is 19.9 Å². The van der Waals surface area contributed by atoms with Crippen LogP contribution in [-0.4, -0.2) is 40.3 Å². The van der Waals surface area contributed by atoms with Gasteiger partial charge in [0.15, 0.2) is 0 Å². The van der Waals surface area contributed by atoms with Crippen LogP contribution >= 0.6 is 0 Å². The Morgan fingerprint density at radius 1 is 1.15 bits per heavy atom. The van der Waals surface area contributed by atoms with E-state index in [2.05, 4.69) is 10.3 Å². The predicted molar refractivity (Wildman–Crippen MR) is 95.1 cm³/mol. The molecule has 26 heavy (non-hydrogen) atoms. The molecule has 0 unspecified atom stereocenters. The van der Waals surface area contributed by atoms with Crippen molar-refractivity contribution in [2.75, 3.05) is 11.9 Å². The minimum Gasteiger partial charge on any atom is -0.489 e. The van der Waals surface area contributed by atoms with Crippen molar-refractivity contribution in [2.45, 2.75) is 26.4 Å². The minimum absolute atomic E-state index is 0.00688. The first-order valence-corrected chi connectivity index (χ1v) is 8.34. The van der Waals surface area contributed by atoms with E-state index in [0.717, 1.165) is 4.90 Å². The van der Waals surface area contributed by atoms with Gasteiger partial charge in [-0.3, -0.25) is 24.3 Å². The van der Waals surface area contributed by atoms with Gasteiger partial charge in [0.2, 0.25) is 5.91 Å². The highest BCUT2D eigenvalue weighted by molar-refractivity contribution is 6.20. The molecule has 0 fully saturated rings. The van der Waals surface area contributed by atoms with E-state index < -0.39 is 11.8 Å². The molecule has 0 radical (unpaired) electrons. The van der Waals surface area contributed by atoms with Gasteiger partial charge in [-0.2, -0.15) is 0 Å². The van der Waals surface area contributed by atoms with Crippen molar-refractivity contribution in [3.8, 4) is 5.75 Å². The fourth-order valence-corrected chi connectivity index (χ4v) is 2.67. The van der Waals surface area contributed by atoms with Crippen molar-refractivity contribution in [3.05, 3.63) is 53.9 Å². The number of amides is 3. The van der Waals surface area contributed by atoms with Crippen LogP contribution in [0.2, 0.25) is 0 Å². The van der Waals surface area contributed by atoms with Gasteiger partial charge >= 0.3 is 0 Å². The molecule has 134 valence electrons. The molecule has 3 amide bonds. The van der Waals surface area contributed by atoms with Crippen LogP contribution in [0.15, 0.2) is 42.6 Å². The second-order valence-electron chi connectivity index (χ2n) is 6.12. The van der Waals surface area contributed by atoms with Crippen molar-refractivity contribution < 1.29 is 19.1 Å². The third-order valence-electron chi connectivity index (χ3n) is 3.82. The maximum Gasteiger partial charge on any atom is 0.280 e. The van der Waals surface area contributed by atoms with Crippen LogP contribution in [0.1, 0.15) is 41.1 Å². The number of para-hydroxylation sites is 2. The van der Waals surface area contributed by atoms with E-state index in [9.17, 15) is 14.4 Å². The lowest BCUT2D eigenvalue weighted by molar-refractivity contribution is -0.116. The van der Waals surface area contributed by atoms with Gasteiger partial charge < -0.3 is 10.1 Å². The number of fused-ring (bicyclic) bond motifs is 1. The molecule has 1 aromatic heterocycles. The molecule has 1 aromatic carbocycles. The van der Waals surface area contributed by atoms with Crippen LogP contribution in [0, 0.1) is 0 Å². The molecule has 0 atom stereocenters. The van der Waals surface area contributed by atoms with E-state index in [4.69, 9.17) is 4.74 Å². The Kier molecular flexibility index (Phi) is 4.97. The number of rotatable bonds is 6. The summed E-state index contributed by atoms with van der Waals surface area (Å²) in [4.78, 5) is 41.8. The van der Waals surface area contributed by atoms with Gasteiger partial charge in [-0.25, -0.2) is 0 Å².